The first kappa shape index (κ1) is 26.7. The lowest BCUT2D eigenvalue weighted by atomic mass is 9.86. The first-order valence-electron chi connectivity index (χ1n) is 13.5. The van der Waals surface area contributed by atoms with Gasteiger partial charge in [-0.1, -0.05) is 18.2 Å². The van der Waals surface area contributed by atoms with Crippen LogP contribution in [-0.4, -0.2) is 70.2 Å². The third kappa shape index (κ3) is 5.90. The Morgan fingerprint density at radius 3 is 2.50 bits per heavy atom. The standard InChI is InChI=1S/C29H37F2N5O2/c1-29(30,31)23-5-3-4-22(17-23)27(38)33-28-32-25-16-21(18-35-14-12-34(2)13-15-35)8-11-26(25)36(28)24-9-6-20(19-37)7-10-24/h3-5,8,11,16-17,20,24,37H,6-7,9-10,12-15,18-19H2,1-2H3,(H,32,33,38). The maximum atomic E-state index is 13.9. The van der Waals surface area contributed by atoms with E-state index in [2.05, 4.69) is 44.9 Å². The van der Waals surface area contributed by atoms with Crippen LogP contribution in [0.3, 0.4) is 0 Å². The predicted octanol–water partition coefficient (Wildman–Crippen LogP) is 4.87. The molecular weight excluding hydrogens is 488 g/mol. The third-order valence-electron chi connectivity index (χ3n) is 8.05. The fourth-order valence-electron chi connectivity index (χ4n) is 5.66. The molecule has 2 N–H and O–H groups in total. The van der Waals surface area contributed by atoms with Crippen LogP contribution in [0.5, 0.6) is 0 Å². The van der Waals surface area contributed by atoms with Crippen molar-refractivity contribution in [1.82, 2.24) is 19.4 Å². The number of carbonyl (C=O) groups is 1. The summed E-state index contributed by atoms with van der Waals surface area (Å²) in [5, 5.41) is 12.5. The van der Waals surface area contributed by atoms with Gasteiger partial charge in [-0.05, 0) is 68.5 Å². The number of alkyl halides is 2. The van der Waals surface area contributed by atoms with Crippen molar-refractivity contribution in [2.45, 2.75) is 51.1 Å². The van der Waals surface area contributed by atoms with E-state index in [1.807, 2.05) is 0 Å². The molecule has 9 heteroatoms. The molecule has 2 aromatic carbocycles. The Labute approximate surface area is 222 Å². The summed E-state index contributed by atoms with van der Waals surface area (Å²) in [6.45, 7) is 6.00. The summed E-state index contributed by atoms with van der Waals surface area (Å²) >= 11 is 0. The van der Waals surface area contributed by atoms with Gasteiger partial charge in [-0.3, -0.25) is 15.0 Å². The van der Waals surface area contributed by atoms with E-state index in [9.17, 15) is 18.7 Å². The molecule has 2 fully saturated rings. The van der Waals surface area contributed by atoms with Crippen molar-refractivity contribution in [2.24, 2.45) is 5.92 Å². The van der Waals surface area contributed by atoms with Crippen LogP contribution in [-0.2, 0) is 12.5 Å². The summed E-state index contributed by atoms with van der Waals surface area (Å²) < 4.78 is 29.9. The lowest BCUT2D eigenvalue weighted by Crippen LogP contribution is -2.43. The topological polar surface area (TPSA) is 73.6 Å². The summed E-state index contributed by atoms with van der Waals surface area (Å²) in [6, 6.07) is 12.0. The zero-order valence-electron chi connectivity index (χ0n) is 22.2. The van der Waals surface area contributed by atoms with Gasteiger partial charge in [0.15, 0.2) is 0 Å². The van der Waals surface area contributed by atoms with Crippen molar-refractivity contribution < 1.29 is 18.7 Å². The molecule has 2 aliphatic rings. The van der Waals surface area contributed by atoms with Gasteiger partial charge in [-0.15, -0.1) is 0 Å². The number of rotatable bonds is 7. The van der Waals surface area contributed by atoms with E-state index in [1.54, 1.807) is 0 Å². The highest BCUT2D eigenvalue weighted by atomic mass is 19.3. The van der Waals surface area contributed by atoms with Crippen molar-refractivity contribution in [2.75, 3.05) is 45.2 Å². The summed E-state index contributed by atoms with van der Waals surface area (Å²) in [5.41, 5.74) is 2.90. The van der Waals surface area contributed by atoms with Crippen molar-refractivity contribution >= 4 is 22.9 Å². The molecule has 0 radical (unpaired) electrons. The summed E-state index contributed by atoms with van der Waals surface area (Å²) in [6.07, 6.45) is 3.56. The Kier molecular flexibility index (Phi) is 7.79. The van der Waals surface area contributed by atoms with Gasteiger partial charge in [0.2, 0.25) is 5.95 Å². The summed E-state index contributed by atoms with van der Waals surface area (Å²) in [4.78, 5) is 22.8. The monoisotopic (exact) mass is 525 g/mol. The molecule has 3 aromatic rings. The van der Waals surface area contributed by atoms with Crippen molar-refractivity contribution in [3.05, 3.63) is 59.2 Å². The minimum atomic E-state index is -3.03. The second-order valence-corrected chi connectivity index (χ2v) is 11.0. The molecular formula is C29H37F2N5O2. The number of anilines is 1. The number of aliphatic hydroxyl groups is 1. The molecule has 5 rings (SSSR count). The number of hydrogen-bond acceptors (Lipinski definition) is 5. The van der Waals surface area contributed by atoms with E-state index in [1.165, 1.54) is 29.8 Å². The Morgan fingerprint density at radius 2 is 1.82 bits per heavy atom. The minimum absolute atomic E-state index is 0.132. The number of hydrogen-bond donors (Lipinski definition) is 2. The molecule has 1 saturated carbocycles. The number of halogens is 2. The van der Waals surface area contributed by atoms with Gasteiger partial charge < -0.3 is 14.6 Å². The van der Waals surface area contributed by atoms with Crippen molar-refractivity contribution in [3.63, 3.8) is 0 Å². The smallest absolute Gasteiger partial charge is 0.270 e. The molecule has 1 saturated heterocycles. The molecule has 7 nitrogen and oxygen atoms in total. The Bertz CT molecular complexity index is 1270. The van der Waals surface area contributed by atoms with Gasteiger partial charge in [-0.2, -0.15) is 0 Å². The van der Waals surface area contributed by atoms with Gasteiger partial charge in [0.1, 0.15) is 0 Å². The zero-order chi connectivity index (χ0) is 26.9. The molecule has 1 aliphatic heterocycles. The molecule has 0 spiro atoms. The number of aliphatic hydroxyl groups excluding tert-OH is 1. The van der Waals surface area contributed by atoms with Gasteiger partial charge in [0.25, 0.3) is 11.8 Å². The minimum Gasteiger partial charge on any atom is -0.396 e. The molecule has 0 unspecified atom stereocenters. The van der Waals surface area contributed by atoms with Crippen LogP contribution in [0.15, 0.2) is 42.5 Å². The maximum absolute atomic E-state index is 13.9. The average Bonchev–Trinajstić information content (AvgIpc) is 3.26. The normalized spacial score (nSPS) is 21.6. The van der Waals surface area contributed by atoms with Gasteiger partial charge in [0.05, 0.1) is 11.0 Å². The highest BCUT2D eigenvalue weighted by molar-refractivity contribution is 6.04. The number of aromatic nitrogens is 2. The number of fused-ring (bicyclic) bond motifs is 1. The van der Waals surface area contributed by atoms with Crippen molar-refractivity contribution in [1.29, 1.82) is 0 Å². The van der Waals surface area contributed by atoms with Gasteiger partial charge >= 0.3 is 0 Å². The number of benzene rings is 2. The van der Waals surface area contributed by atoms with Crippen LogP contribution in [0.1, 0.15) is 60.1 Å². The highest BCUT2D eigenvalue weighted by Crippen LogP contribution is 2.37. The van der Waals surface area contributed by atoms with Crippen LogP contribution in [0, 0.1) is 5.92 Å². The number of likely N-dealkylation sites (N-methyl/N-ethyl adjacent to an activating group) is 1. The average molecular weight is 526 g/mol. The molecule has 1 amide bonds. The second-order valence-electron chi connectivity index (χ2n) is 11.0. The lowest BCUT2D eigenvalue weighted by Gasteiger charge is -2.32. The number of nitrogens with zero attached hydrogens (tertiary/aromatic N) is 4. The third-order valence-corrected chi connectivity index (χ3v) is 8.05. The van der Waals surface area contributed by atoms with Crippen LogP contribution in [0.25, 0.3) is 11.0 Å². The van der Waals surface area contributed by atoms with E-state index >= 15 is 0 Å². The van der Waals surface area contributed by atoms with Gasteiger partial charge in [-0.25, -0.2) is 13.8 Å². The summed E-state index contributed by atoms with van der Waals surface area (Å²) in [7, 11) is 2.14. The largest absolute Gasteiger partial charge is 0.396 e. The first-order valence-corrected chi connectivity index (χ1v) is 13.5. The second kappa shape index (κ2) is 11.1. The quantitative estimate of drug-likeness (QED) is 0.461. The fraction of sp³-hybridized carbons (Fsp3) is 0.517. The maximum Gasteiger partial charge on any atom is 0.270 e. The molecule has 2 heterocycles. The zero-order valence-corrected chi connectivity index (χ0v) is 22.2. The number of carbonyl (C=O) groups excluding carboxylic acids is 1. The van der Waals surface area contributed by atoms with E-state index in [0.29, 0.717) is 11.9 Å². The SMILES string of the molecule is CN1CCN(Cc2ccc3c(c2)nc(NC(=O)c2cccc(C(C)(F)F)c2)n3C2CCC(CO)CC2)CC1. The fourth-order valence-corrected chi connectivity index (χ4v) is 5.66. The molecule has 1 aromatic heterocycles. The van der Waals surface area contributed by atoms with E-state index < -0.39 is 11.8 Å². The van der Waals surface area contributed by atoms with Crippen LogP contribution >= 0.6 is 0 Å². The Balaban J connectivity index is 1.44. The Morgan fingerprint density at radius 1 is 1.08 bits per heavy atom. The van der Waals surface area contributed by atoms with E-state index in [-0.39, 0.29) is 23.8 Å². The van der Waals surface area contributed by atoms with E-state index in [0.717, 1.165) is 76.4 Å². The van der Waals surface area contributed by atoms with Crippen LogP contribution in [0.4, 0.5) is 14.7 Å². The molecule has 38 heavy (non-hydrogen) atoms. The first-order chi connectivity index (χ1) is 18.2. The number of nitrogens with one attached hydrogen (secondary N) is 1. The number of piperazine rings is 1. The highest BCUT2D eigenvalue weighted by Gasteiger charge is 2.28. The molecule has 204 valence electrons. The Hall–Kier alpha value is -2.88. The predicted molar refractivity (Wildman–Crippen MR) is 145 cm³/mol. The van der Waals surface area contributed by atoms with Crippen molar-refractivity contribution in [3.8, 4) is 0 Å². The lowest BCUT2D eigenvalue weighted by molar-refractivity contribution is 0.0174. The molecule has 0 atom stereocenters. The number of amides is 1. The molecule has 1 aliphatic carbocycles. The van der Waals surface area contributed by atoms with Gasteiger partial charge in [0, 0.05) is 63.4 Å². The number of imidazole rings is 1. The molecule has 0 bridgehead atoms. The van der Waals surface area contributed by atoms with Crippen LogP contribution < -0.4 is 5.32 Å². The van der Waals surface area contributed by atoms with E-state index in [4.69, 9.17) is 4.98 Å². The van der Waals surface area contributed by atoms with Crippen LogP contribution in [0.2, 0.25) is 0 Å². The summed E-state index contributed by atoms with van der Waals surface area (Å²) in [5.74, 6) is -2.76.